The molecule has 0 aromatic carbocycles. The van der Waals surface area contributed by atoms with Crippen molar-refractivity contribution in [2.75, 3.05) is 43.1 Å². The van der Waals surface area contributed by atoms with Crippen molar-refractivity contribution in [1.82, 2.24) is 14.5 Å². The Morgan fingerprint density at radius 2 is 2.19 bits per heavy atom. The molecule has 2 fully saturated rings. The molecule has 0 radical (unpaired) electrons. The molecule has 8 heteroatoms. The Bertz CT molecular complexity index is 916. The molecular formula is C19H24BrN5O2. The van der Waals surface area contributed by atoms with Gasteiger partial charge < -0.3 is 19.5 Å². The molecule has 0 aliphatic carbocycles. The number of anilines is 3. The van der Waals surface area contributed by atoms with Crippen LogP contribution in [0.25, 0.3) is 0 Å². The summed E-state index contributed by atoms with van der Waals surface area (Å²) >= 11 is 3.41. The van der Waals surface area contributed by atoms with Crippen molar-refractivity contribution in [2.24, 2.45) is 7.05 Å². The Labute approximate surface area is 168 Å². The summed E-state index contributed by atoms with van der Waals surface area (Å²) < 4.78 is 16.0. The number of nitrogens with zero attached hydrogens (tertiary/aromatic N) is 4. The van der Waals surface area contributed by atoms with Crippen LogP contribution in [0.4, 0.5) is 17.2 Å². The maximum absolute atomic E-state index is 12.2. The minimum Gasteiger partial charge on any atom is -0.378 e. The average molecular weight is 435 g/mol. The summed E-state index contributed by atoms with van der Waals surface area (Å²) in [4.78, 5) is 21.3. The van der Waals surface area contributed by atoms with Gasteiger partial charge >= 0.3 is 0 Å². The van der Waals surface area contributed by atoms with Crippen LogP contribution in [0.2, 0.25) is 0 Å². The standard InChI is InChI=1S/C19H24BrN5O2/c1-13-9-24(16-11-27-12-16)5-6-25(13)15-3-4-18(21-8-15)22-17-7-14(20)10-23(2)19(17)26/h3-4,7-8,10,13,16H,5-6,9,11-12H2,1-2H3,(H,21,22)/t13-/m0/s1/i16D. The number of hydrogen-bond acceptors (Lipinski definition) is 6. The Hall–Kier alpha value is -1.90. The molecule has 2 aliphatic rings. The Kier molecular flexibility index (Phi) is 4.85. The molecule has 1 N–H and O–H groups in total. The Balaban J connectivity index is 1.44. The number of ether oxygens (including phenoxy) is 1. The maximum atomic E-state index is 12.2. The number of hydrogen-bond donors (Lipinski definition) is 1. The first-order valence-electron chi connectivity index (χ1n) is 9.54. The highest BCUT2D eigenvalue weighted by Gasteiger charge is 2.32. The molecular weight excluding hydrogens is 410 g/mol. The van der Waals surface area contributed by atoms with Crippen LogP contribution >= 0.6 is 15.9 Å². The number of piperazine rings is 1. The van der Waals surface area contributed by atoms with Gasteiger partial charge in [-0.15, -0.1) is 0 Å². The van der Waals surface area contributed by atoms with E-state index in [-0.39, 0.29) is 11.6 Å². The fraction of sp³-hybridized carbons (Fsp3) is 0.474. The molecule has 2 saturated heterocycles. The van der Waals surface area contributed by atoms with Gasteiger partial charge in [0.25, 0.3) is 5.56 Å². The highest BCUT2D eigenvalue weighted by Crippen LogP contribution is 2.24. The van der Waals surface area contributed by atoms with Crippen molar-refractivity contribution >= 4 is 33.1 Å². The van der Waals surface area contributed by atoms with Gasteiger partial charge in [-0.2, -0.15) is 0 Å². The molecule has 2 aromatic rings. The van der Waals surface area contributed by atoms with Crippen molar-refractivity contribution in [2.45, 2.75) is 19.0 Å². The van der Waals surface area contributed by atoms with Crippen molar-refractivity contribution in [3.63, 3.8) is 0 Å². The van der Waals surface area contributed by atoms with Crippen LogP contribution in [-0.2, 0) is 11.8 Å². The number of aryl methyl sites for hydroxylation is 1. The van der Waals surface area contributed by atoms with Crippen molar-refractivity contribution in [1.29, 1.82) is 0 Å². The maximum Gasteiger partial charge on any atom is 0.274 e. The molecule has 0 unspecified atom stereocenters. The smallest absolute Gasteiger partial charge is 0.274 e. The minimum atomic E-state index is -0.553. The third-order valence-electron chi connectivity index (χ3n) is 5.10. The van der Waals surface area contributed by atoms with E-state index in [0.717, 1.165) is 29.8 Å². The van der Waals surface area contributed by atoms with Crippen LogP contribution in [0, 0.1) is 0 Å². The zero-order valence-corrected chi connectivity index (χ0v) is 17.1. The molecule has 7 nitrogen and oxygen atoms in total. The van der Waals surface area contributed by atoms with Gasteiger partial charge in [-0.1, -0.05) is 0 Å². The second kappa shape index (κ2) is 7.61. The monoisotopic (exact) mass is 434 g/mol. The average Bonchev–Trinajstić information content (AvgIpc) is 2.64. The number of aromatic nitrogens is 2. The van der Waals surface area contributed by atoms with E-state index in [0.29, 0.717) is 24.7 Å². The van der Waals surface area contributed by atoms with Gasteiger partial charge in [-0.05, 0) is 41.1 Å². The summed E-state index contributed by atoms with van der Waals surface area (Å²) in [6.07, 6.45) is 3.56. The molecule has 0 spiro atoms. The van der Waals surface area contributed by atoms with E-state index in [2.05, 4.69) is 43.0 Å². The molecule has 0 amide bonds. The van der Waals surface area contributed by atoms with E-state index in [4.69, 9.17) is 6.11 Å². The Morgan fingerprint density at radius 1 is 1.37 bits per heavy atom. The molecule has 2 aliphatic heterocycles. The lowest BCUT2D eigenvalue weighted by molar-refractivity contribution is -0.0691. The van der Waals surface area contributed by atoms with Crippen molar-refractivity contribution in [3.8, 4) is 0 Å². The van der Waals surface area contributed by atoms with Crippen LogP contribution < -0.4 is 15.8 Å². The summed E-state index contributed by atoms with van der Waals surface area (Å²) in [5, 5.41) is 3.10. The molecule has 4 rings (SSSR count). The van der Waals surface area contributed by atoms with Gasteiger partial charge in [0.05, 0.1) is 32.5 Å². The predicted molar refractivity (Wildman–Crippen MR) is 110 cm³/mol. The van der Waals surface area contributed by atoms with Gasteiger partial charge in [-0.3, -0.25) is 9.69 Å². The molecule has 1 atom stereocenters. The van der Waals surface area contributed by atoms with E-state index in [1.54, 1.807) is 19.3 Å². The Morgan fingerprint density at radius 3 is 2.81 bits per heavy atom. The van der Waals surface area contributed by atoms with Crippen LogP contribution in [0.3, 0.4) is 0 Å². The van der Waals surface area contributed by atoms with Crippen LogP contribution in [0.15, 0.2) is 39.9 Å². The first-order chi connectivity index (χ1) is 13.4. The number of nitrogens with one attached hydrogen (secondary N) is 1. The normalized spacial score (nSPS) is 22.9. The van der Waals surface area contributed by atoms with E-state index >= 15 is 0 Å². The predicted octanol–water partition coefficient (Wildman–Crippen LogP) is 2.20. The second-order valence-electron chi connectivity index (χ2n) is 7.06. The van der Waals surface area contributed by atoms with Gasteiger partial charge in [0, 0.05) is 43.4 Å². The largest absolute Gasteiger partial charge is 0.378 e. The third kappa shape index (κ3) is 3.88. The zero-order valence-electron chi connectivity index (χ0n) is 16.5. The second-order valence-corrected chi connectivity index (χ2v) is 7.98. The van der Waals surface area contributed by atoms with E-state index in [1.165, 1.54) is 4.57 Å². The SMILES string of the molecule is [2H]C1(N2CCN(c3ccc(Nc4cc(Br)cn(C)c4=O)nc3)[C@@H](C)C2)COC1. The molecule has 0 bridgehead atoms. The van der Waals surface area contributed by atoms with Crippen molar-refractivity contribution < 1.29 is 6.11 Å². The molecule has 0 saturated carbocycles. The fourth-order valence-corrected chi connectivity index (χ4v) is 4.07. The molecule has 144 valence electrons. The first-order valence-corrected chi connectivity index (χ1v) is 9.84. The van der Waals surface area contributed by atoms with Crippen LogP contribution in [0.5, 0.6) is 0 Å². The van der Waals surface area contributed by atoms with E-state index < -0.39 is 6.02 Å². The highest BCUT2D eigenvalue weighted by molar-refractivity contribution is 9.10. The number of halogens is 1. The lowest BCUT2D eigenvalue weighted by Crippen LogP contribution is -2.59. The fourth-order valence-electron chi connectivity index (χ4n) is 3.53. The number of pyridine rings is 2. The summed E-state index contributed by atoms with van der Waals surface area (Å²) in [5.74, 6) is 0.627. The minimum absolute atomic E-state index is 0.108. The molecule has 4 heterocycles. The molecule has 27 heavy (non-hydrogen) atoms. The van der Waals surface area contributed by atoms with E-state index in [1.807, 2.05) is 18.3 Å². The van der Waals surface area contributed by atoms with E-state index in [9.17, 15) is 4.79 Å². The summed E-state index contributed by atoms with van der Waals surface area (Å²) in [6.45, 7) is 5.69. The van der Waals surface area contributed by atoms with Gasteiger partial charge in [0.15, 0.2) is 0 Å². The van der Waals surface area contributed by atoms with Gasteiger partial charge in [-0.25, -0.2) is 4.98 Å². The third-order valence-corrected chi connectivity index (χ3v) is 5.54. The first kappa shape index (κ1) is 17.2. The lowest BCUT2D eigenvalue weighted by Gasteiger charge is -2.46. The molecule has 2 aromatic heterocycles. The number of rotatable bonds is 4. The van der Waals surface area contributed by atoms with Crippen LogP contribution in [-0.4, -0.2) is 59.4 Å². The highest BCUT2D eigenvalue weighted by atomic mass is 79.9. The van der Waals surface area contributed by atoms with Crippen molar-refractivity contribution in [3.05, 3.63) is 45.4 Å². The summed E-state index contributed by atoms with van der Waals surface area (Å²) in [7, 11) is 1.71. The summed E-state index contributed by atoms with van der Waals surface area (Å²) in [5.41, 5.74) is 1.41. The zero-order chi connectivity index (χ0) is 19.9. The lowest BCUT2D eigenvalue weighted by atomic mass is 10.1. The summed E-state index contributed by atoms with van der Waals surface area (Å²) in [6, 6.07) is 5.39. The quantitative estimate of drug-likeness (QED) is 0.795. The van der Waals surface area contributed by atoms with Crippen LogP contribution in [0.1, 0.15) is 8.29 Å². The van der Waals surface area contributed by atoms with Gasteiger partial charge in [0.2, 0.25) is 0 Å². The van der Waals surface area contributed by atoms with Gasteiger partial charge in [0.1, 0.15) is 11.5 Å². The topological polar surface area (TPSA) is 62.6 Å².